The third kappa shape index (κ3) is 3.01. The first-order valence-electron chi connectivity index (χ1n) is 6.59. The van der Waals surface area contributed by atoms with E-state index in [9.17, 15) is 9.18 Å². The maximum Gasteiger partial charge on any atom is 0.258 e. The van der Waals surface area contributed by atoms with E-state index in [1.165, 1.54) is 31.6 Å². The average molecular weight is 292 g/mol. The van der Waals surface area contributed by atoms with Crippen LogP contribution in [0.15, 0.2) is 24.5 Å². The fourth-order valence-electron chi connectivity index (χ4n) is 2.08. The highest BCUT2D eigenvalue weighted by molar-refractivity contribution is 5.97. The van der Waals surface area contributed by atoms with Gasteiger partial charge in [0.1, 0.15) is 29.3 Å². The smallest absolute Gasteiger partial charge is 0.258 e. The Labute approximate surface area is 121 Å². The molecular formula is C14H17FN4O2. The van der Waals surface area contributed by atoms with Gasteiger partial charge in [-0.25, -0.2) is 14.1 Å². The number of methoxy groups -OCH3 is 1. The van der Waals surface area contributed by atoms with Gasteiger partial charge in [0.25, 0.3) is 5.91 Å². The van der Waals surface area contributed by atoms with Crippen molar-refractivity contribution in [2.45, 2.75) is 26.4 Å². The van der Waals surface area contributed by atoms with Crippen LogP contribution in [0.25, 0.3) is 0 Å². The van der Waals surface area contributed by atoms with Crippen LogP contribution in [-0.2, 0) is 6.54 Å². The summed E-state index contributed by atoms with van der Waals surface area (Å²) in [5.41, 5.74) is -0.116. The van der Waals surface area contributed by atoms with Crippen molar-refractivity contribution in [3.8, 4) is 5.75 Å². The number of nitrogens with one attached hydrogen (secondary N) is 1. The number of aromatic nitrogens is 3. The molecule has 6 nitrogen and oxygen atoms in total. The third-order valence-electron chi connectivity index (χ3n) is 3.10. The van der Waals surface area contributed by atoms with Crippen molar-refractivity contribution in [3.05, 3.63) is 41.7 Å². The second-order valence-electron chi connectivity index (χ2n) is 4.45. The van der Waals surface area contributed by atoms with E-state index >= 15 is 0 Å². The van der Waals surface area contributed by atoms with Gasteiger partial charge in [-0.1, -0.05) is 6.07 Å². The standard InChI is InChI=1S/C14H17FN4O2/c1-4-19-13(16-8-17-19)9(2)18-14(20)12-10(15)6-5-7-11(12)21-3/h5-9H,4H2,1-3H3,(H,18,20). The topological polar surface area (TPSA) is 69.0 Å². The second-order valence-corrected chi connectivity index (χ2v) is 4.45. The van der Waals surface area contributed by atoms with Gasteiger partial charge >= 0.3 is 0 Å². The average Bonchev–Trinajstić information content (AvgIpc) is 2.95. The Bertz CT molecular complexity index is 642. The van der Waals surface area contributed by atoms with Crippen molar-refractivity contribution in [2.75, 3.05) is 7.11 Å². The summed E-state index contributed by atoms with van der Waals surface area (Å²) in [6.45, 7) is 4.33. The highest BCUT2D eigenvalue weighted by Crippen LogP contribution is 2.22. The minimum atomic E-state index is -0.629. The molecule has 0 radical (unpaired) electrons. The van der Waals surface area contributed by atoms with Crippen LogP contribution in [0, 0.1) is 5.82 Å². The summed E-state index contributed by atoms with van der Waals surface area (Å²) >= 11 is 0. The molecular weight excluding hydrogens is 275 g/mol. The first-order chi connectivity index (χ1) is 10.1. The number of halogens is 1. The number of benzene rings is 1. The van der Waals surface area contributed by atoms with E-state index in [1.54, 1.807) is 11.6 Å². The summed E-state index contributed by atoms with van der Waals surface area (Å²) in [6.07, 6.45) is 1.42. The van der Waals surface area contributed by atoms with Gasteiger partial charge in [-0.05, 0) is 26.0 Å². The van der Waals surface area contributed by atoms with Gasteiger partial charge < -0.3 is 10.1 Å². The Morgan fingerprint density at radius 2 is 2.29 bits per heavy atom. The molecule has 112 valence electrons. The SMILES string of the molecule is CCn1ncnc1C(C)NC(=O)c1c(F)cccc1OC. The predicted octanol–water partition coefficient (Wildman–Crippen LogP) is 1.94. The number of aryl methyl sites for hydroxylation is 1. The summed E-state index contributed by atoms with van der Waals surface area (Å²) in [5.74, 6) is -0.378. The van der Waals surface area contributed by atoms with Crippen LogP contribution in [0.1, 0.15) is 36.1 Å². The van der Waals surface area contributed by atoms with Gasteiger partial charge in [0, 0.05) is 6.54 Å². The maximum atomic E-state index is 13.9. The van der Waals surface area contributed by atoms with E-state index in [0.29, 0.717) is 12.4 Å². The summed E-state index contributed by atoms with van der Waals surface area (Å²) in [4.78, 5) is 16.4. The van der Waals surface area contributed by atoms with E-state index in [2.05, 4.69) is 15.4 Å². The van der Waals surface area contributed by atoms with Gasteiger partial charge in [-0.2, -0.15) is 5.10 Å². The van der Waals surface area contributed by atoms with Crippen molar-refractivity contribution in [2.24, 2.45) is 0 Å². The Morgan fingerprint density at radius 1 is 1.52 bits per heavy atom. The molecule has 0 aliphatic carbocycles. The molecule has 0 spiro atoms. The van der Waals surface area contributed by atoms with Crippen LogP contribution in [0.5, 0.6) is 5.75 Å². The van der Waals surface area contributed by atoms with Crippen molar-refractivity contribution < 1.29 is 13.9 Å². The van der Waals surface area contributed by atoms with Gasteiger partial charge in [0.05, 0.1) is 13.2 Å². The number of carbonyl (C=O) groups excluding carboxylic acids is 1. The zero-order chi connectivity index (χ0) is 15.4. The zero-order valence-electron chi connectivity index (χ0n) is 12.1. The van der Waals surface area contributed by atoms with E-state index in [-0.39, 0.29) is 11.3 Å². The molecule has 0 aliphatic rings. The number of rotatable bonds is 5. The van der Waals surface area contributed by atoms with Crippen LogP contribution >= 0.6 is 0 Å². The number of nitrogens with zero attached hydrogens (tertiary/aromatic N) is 3. The molecule has 1 heterocycles. The fourth-order valence-corrected chi connectivity index (χ4v) is 2.08. The molecule has 7 heteroatoms. The predicted molar refractivity (Wildman–Crippen MR) is 74.5 cm³/mol. The van der Waals surface area contributed by atoms with Gasteiger partial charge in [0.2, 0.25) is 0 Å². The minimum Gasteiger partial charge on any atom is -0.496 e. The van der Waals surface area contributed by atoms with E-state index in [4.69, 9.17) is 4.74 Å². The summed E-state index contributed by atoms with van der Waals surface area (Å²) in [7, 11) is 1.39. The molecule has 1 aromatic heterocycles. The largest absolute Gasteiger partial charge is 0.496 e. The molecule has 0 aliphatic heterocycles. The van der Waals surface area contributed by atoms with E-state index < -0.39 is 17.8 Å². The lowest BCUT2D eigenvalue weighted by atomic mass is 10.1. The molecule has 0 saturated heterocycles. The molecule has 1 unspecified atom stereocenters. The van der Waals surface area contributed by atoms with Crippen LogP contribution < -0.4 is 10.1 Å². The Balaban J connectivity index is 2.22. The van der Waals surface area contributed by atoms with Gasteiger partial charge in [-0.3, -0.25) is 4.79 Å². The number of amides is 1. The Kier molecular flexibility index (Phi) is 4.52. The molecule has 1 atom stereocenters. The summed E-state index contributed by atoms with van der Waals surface area (Å²) in [5, 5.41) is 6.75. The molecule has 1 amide bonds. The molecule has 0 bridgehead atoms. The molecule has 2 aromatic rings. The van der Waals surface area contributed by atoms with Gasteiger partial charge in [-0.15, -0.1) is 0 Å². The number of hydrogen-bond donors (Lipinski definition) is 1. The number of carbonyl (C=O) groups is 1. The van der Waals surface area contributed by atoms with Gasteiger partial charge in [0.15, 0.2) is 0 Å². The highest BCUT2D eigenvalue weighted by Gasteiger charge is 2.21. The third-order valence-corrected chi connectivity index (χ3v) is 3.10. The lowest BCUT2D eigenvalue weighted by molar-refractivity contribution is 0.0930. The maximum absolute atomic E-state index is 13.9. The number of hydrogen-bond acceptors (Lipinski definition) is 4. The fraction of sp³-hybridized carbons (Fsp3) is 0.357. The molecule has 21 heavy (non-hydrogen) atoms. The normalized spacial score (nSPS) is 12.0. The molecule has 0 saturated carbocycles. The Morgan fingerprint density at radius 3 is 2.95 bits per heavy atom. The van der Waals surface area contributed by atoms with Crippen LogP contribution in [0.2, 0.25) is 0 Å². The first-order valence-corrected chi connectivity index (χ1v) is 6.59. The van der Waals surface area contributed by atoms with Crippen molar-refractivity contribution >= 4 is 5.91 Å². The van der Waals surface area contributed by atoms with Crippen molar-refractivity contribution in [1.29, 1.82) is 0 Å². The number of ether oxygens (including phenoxy) is 1. The van der Waals surface area contributed by atoms with E-state index in [1.807, 2.05) is 6.92 Å². The quantitative estimate of drug-likeness (QED) is 0.914. The lowest BCUT2D eigenvalue weighted by Crippen LogP contribution is -2.29. The monoisotopic (exact) mass is 292 g/mol. The highest BCUT2D eigenvalue weighted by atomic mass is 19.1. The molecule has 1 aromatic carbocycles. The minimum absolute atomic E-state index is 0.116. The summed E-state index contributed by atoms with van der Waals surface area (Å²) < 4.78 is 20.6. The molecule has 0 fully saturated rings. The molecule has 1 N–H and O–H groups in total. The zero-order valence-corrected chi connectivity index (χ0v) is 12.1. The first kappa shape index (κ1) is 15.0. The summed E-state index contributed by atoms with van der Waals surface area (Å²) in [6, 6.07) is 3.85. The lowest BCUT2D eigenvalue weighted by Gasteiger charge is -2.15. The van der Waals surface area contributed by atoms with Crippen molar-refractivity contribution in [1.82, 2.24) is 20.1 Å². The van der Waals surface area contributed by atoms with E-state index in [0.717, 1.165) is 0 Å². The Hall–Kier alpha value is -2.44. The van der Waals surface area contributed by atoms with Crippen molar-refractivity contribution in [3.63, 3.8) is 0 Å². The molecule has 2 rings (SSSR count). The van der Waals surface area contributed by atoms with Crippen LogP contribution in [0.3, 0.4) is 0 Å². The van der Waals surface area contributed by atoms with Crippen LogP contribution in [-0.4, -0.2) is 27.8 Å². The van der Waals surface area contributed by atoms with Crippen LogP contribution in [0.4, 0.5) is 4.39 Å². The second kappa shape index (κ2) is 6.34.